The third kappa shape index (κ3) is 1.72. The Morgan fingerprint density at radius 3 is 2.62 bits per heavy atom. The van der Waals surface area contributed by atoms with E-state index < -0.39 is 11.4 Å². The minimum Gasteiger partial charge on any atom is -0.481 e. The summed E-state index contributed by atoms with van der Waals surface area (Å²) >= 11 is 0. The standard InChI is InChI=1S/C11H20O2/c1-4-9(3)11(10(12)13)6-5-8(2)7-11/h8-9H,4-7H2,1-3H3,(H,12,13). The summed E-state index contributed by atoms with van der Waals surface area (Å²) in [7, 11) is 0. The van der Waals surface area contributed by atoms with Crippen LogP contribution in [0.4, 0.5) is 0 Å². The maximum atomic E-state index is 11.3. The van der Waals surface area contributed by atoms with Crippen molar-refractivity contribution in [3.63, 3.8) is 0 Å². The van der Waals surface area contributed by atoms with Gasteiger partial charge in [0, 0.05) is 0 Å². The zero-order valence-corrected chi connectivity index (χ0v) is 8.84. The van der Waals surface area contributed by atoms with Crippen molar-refractivity contribution in [1.82, 2.24) is 0 Å². The van der Waals surface area contributed by atoms with Crippen LogP contribution in [0.1, 0.15) is 46.5 Å². The van der Waals surface area contributed by atoms with Crippen molar-refractivity contribution < 1.29 is 9.90 Å². The van der Waals surface area contributed by atoms with Crippen LogP contribution < -0.4 is 0 Å². The predicted octanol–water partition coefficient (Wildman–Crippen LogP) is 2.92. The third-order valence-corrected chi connectivity index (χ3v) is 3.78. The van der Waals surface area contributed by atoms with Crippen LogP contribution in [0.5, 0.6) is 0 Å². The maximum absolute atomic E-state index is 11.3. The minimum absolute atomic E-state index is 0.315. The van der Waals surface area contributed by atoms with Crippen molar-refractivity contribution in [2.75, 3.05) is 0 Å². The first-order valence-electron chi connectivity index (χ1n) is 5.26. The van der Waals surface area contributed by atoms with Gasteiger partial charge in [0.2, 0.25) is 0 Å². The van der Waals surface area contributed by atoms with Gasteiger partial charge < -0.3 is 5.11 Å². The molecule has 76 valence electrons. The van der Waals surface area contributed by atoms with E-state index in [2.05, 4.69) is 20.8 Å². The van der Waals surface area contributed by atoms with Crippen molar-refractivity contribution in [1.29, 1.82) is 0 Å². The van der Waals surface area contributed by atoms with Crippen LogP contribution in [0.25, 0.3) is 0 Å². The van der Waals surface area contributed by atoms with E-state index in [1.54, 1.807) is 0 Å². The molecule has 0 spiro atoms. The van der Waals surface area contributed by atoms with Crippen molar-refractivity contribution in [3.8, 4) is 0 Å². The minimum atomic E-state index is -0.578. The van der Waals surface area contributed by atoms with E-state index in [1.807, 2.05) is 0 Å². The summed E-state index contributed by atoms with van der Waals surface area (Å²) in [5.74, 6) is 0.325. The molecule has 1 saturated carbocycles. The fourth-order valence-electron chi connectivity index (χ4n) is 2.57. The lowest BCUT2D eigenvalue weighted by atomic mass is 9.73. The normalized spacial score (nSPS) is 36.1. The highest BCUT2D eigenvalue weighted by atomic mass is 16.4. The van der Waals surface area contributed by atoms with E-state index in [4.69, 9.17) is 0 Å². The molecular formula is C11H20O2. The molecule has 0 bridgehead atoms. The molecule has 1 rings (SSSR count). The van der Waals surface area contributed by atoms with Gasteiger partial charge in [0.25, 0.3) is 0 Å². The molecule has 0 aliphatic heterocycles. The lowest BCUT2D eigenvalue weighted by Gasteiger charge is -2.30. The Hall–Kier alpha value is -0.530. The number of carboxylic acid groups (broad SMARTS) is 1. The van der Waals surface area contributed by atoms with Crippen molar-refractivity contribution in [2.24, 2.45) is 17.3 Å². The quantitative estimate of drug-likeness (QED) is 0.732. The summed E-state index contributed by atoms with van der Waals surface area (Å²) in [6.45, 7) is 6.32. The highest BCUT2D eigenvalue weighted by Crippen LogP contribution is 2.48. The van der Waals surface area contributed by atoms with Gasteiger partial charge in [-0.05, 0) is 31.1 Å². The number of hydrogen-bond donors (Lipinski definition) is 1. The lowest BCUT2D eigenvalue weighted by Crippen LogP contribution is -2.34. The second-order valence-corrected chi connectivity index (χ2v) is 4.62. The number of rotatable bonds is 3. The molecule has 0 saturated heterocycles. The molecule has 3 unspecified atom stereocenters. The van der Waals surface area contributed by atoms with E-state index in [1.165, 1.54) is 0 Å². The first-order chi connectivity index (χ1) is 6.03. The number of hydrogen-bond acceptors (Lipinski definition) is 1. The number of carbonyl (C=O) groups is 1. The van der Waals surface area contributed by atoms with Crippen LogP contribution in [0.2, 0.25) is 0 Å². The Kier molecular flexibility index (Phi) is 2.99. The summed E-state index contributed by atoms with van der Waals surface area (Å²) in [5.41, 5.74) is -0.409. The number of carboxylic acids is 1. The van der Waals surface area contributed by atoms with Gasteiger partial charge in [0.1, 0.15) is 0 Å². The molecule has 0 aromatic rings. The summed E-state index contributed by atoms with van der Waals surface area (Å²) in [5, 5.41) is 9.28. The number of aliphatic carboxylic acids is 1. The molecule has 2 nitrogen and oxygen atoms in total. The van der Waals surface area contributed by atoms with Gasteiger partial charge in [-0.3, -0.25) is 4.79 Å². The molecule has 3 atom stereocenters. The maximum Gasteiger partial charge on any atom is 0.309 e. The Morgan fingerprint density at radius 2 is 2.31 bits per heavy atom. The van der Waals surface area contributed by atoms with Gasteiger partial charge in [0.05, 0.1) is 5.41 Å². The van der Waals surface area contributed by atoms with Crippen LogP contribution >= 0.6 is 0 Å². The van der Waals surface area contributed by atoms with Crippen molar-refractivity contribution in [3.05, 3.63) is 0 Å². The molecule has 0 aromatic carbocycles. The largest absolute Gasteiger partial charge is 0.481 e. The van der Waals surface area contributed by atoms with Crippen LogP contribution in [0.3, 0.4) is 0 Å². The molecule has 1 aliphatic carbocycles. The molecule has 2 heteroatoms. The topological polar surface area (TPSA) is 37.3 Å². The van der Waals surface area contributed by atoms with Gasteiger partial charge in [-0.1, -0.05) is 27.2 Å². The van der Waals surface area contributed by atoms with Gasteiger partial charge in [-0.15, -0.1) is 0 Å². The third-order valence-electron chi connectivity index (χ3n) is 3.78. The average molecular weight is 184 g/mol. The van der Waals surface area contributed by atoms with Gasteiger partial charge in [0.15, 0.2) is 0 Å². The van der Waals surface area contributed by atoms with Gasteiger partial charge in [-0.25, -0.2) is 0 Å². The van der Waals surface area contributed by atoms with Gasteiger partial charge in [-0.2, -0.15) is 0 Å². The van der Waals surface area contributed by atoms with Crippen LogP contribution in [-0.2, 0) is 4.79 Å². The highest BCUT2D eigenvalue weighted by molar-refractivity contribution is 5.75. The molecular weight excluding hydrogens is 164 g/mol. The molecule has 13 heavy (non-hydrogen) atoms. The molecule has 0 aromatic heterocycles. The fourth-order valence-corrected chi connectivity index (χ4v) is 2.57. The summed E-state index contributed by atoms with van der Waals surface area (Å²) < 4.78 is 0. The zero-order valence-electron chi connectivity index (χ0n) is 8.84. The SMILES string of the molecule is CCC(C)C1(C(=O)O)CCC(C)C1. The van der Waals surface area contributed by atoms with Gasteiger partial charge >= 0.3 is 5.97 Å². The van der Waals surface area contributed by atoms with E-state index in [0.29, 0.717) is 11.8 Å². The summed E-state index contributed by atoms with van der Waals surface area (Å²) in [6, 6.07) is 0. The Labute approximate surface area is 80.3 Å². The van der Waals surface area contributed by atoms with Crippen LogP contribution in [-0.4, -0.2) is 11.1 Å². The Bertz CT molecular complexity index is 200. The second-order valence-electron chi connectivity index (χ2n) is 4.62. The van der Waals surface area contributed by atoms with Crippen molar-refractivity contribution in [2.45, 2.75) is 46.5 Å². The monoisotopic (exact) mass is 184 g/mol. The second kappa shape index (κ2) is 3.69. The summed E-state index contributed by atoms with van der Waals surface area (Å²) in [6.07, 6.45) is 3.80. The molecule has 0 amide bonds. The fraction of sp³-hybridized carbons (Fsp3) is 0.909. The van der Waals surface area contributed by atoms with Crippen molar-refractivity contribution >= 4 is 5.97 Å². The van der Waals surface area contributed by atoms with Crippen LogP contribution in [0.15, 0.2) is 0 Å². The van der Waals surface area contributed by atoms with E-state index in [9.17, 15) is 9.90 Å². The molecule has 0 radical (unpaired) electrons. The highest BCUT2D eigenvalue weighted by Gasteiger charge is 2.47. The first-order valence-corrected chi connectivity index (χ1v) is 5.26. The molecule has 1 N–H and O–H groups in total. The smallest absolute Gasteiger partial charge is 0.309 e. The van der Waals surface area contributed by atoms with E-state index in [-0.39, 0.29) is 0 Å². The Morgan fingerprint density at radius 1 is 1.69 bits per heavy atom. The molecule has 0 heterocycles. The first kappa shape index (κ1) is 10.6. The molecule has 1 aliphatic rings. The van der Waals surface area contributed by atoms with Crippen LogP contribution in [0, 0.1) is 17.3 Å². The van der Waals surface area contributed by atoms with E-state index in [0.717, 1.165) is 25.7 Å². The summed E-state index contributed by atoms with van der Waals surface area (Å²) in [4.78, 5) is 11.3. The Balaban J connectivity index is 2.83. The zero-order chi connectivity index (χ0) is 10.1. The molecule has 1 fully saturated rings. The lowest BCUT2D eigenvalue weighted by molar-refractivity contribution is -0.152. The average Bonchev–Trinajstić information content (AvgIpc) is 2.47. The predicted molar refractivity (Wildman–Crippen MR) is 52.5 cm³/mol. The van der Waals surface area contributed by atoms with E-state index >= 15 is 0 Å².